The first-order valence-corrected chi connectivity index (χ1v) is 17.8. The van der Waals surface area contributed by atoms with Crippen LogP contribution in [-0.4, -0.2) is 54.7 Å². The van der Waals surface area contributed by atoms with Crippen molar-refractivity contribution in [3.63, 3.8) is 0 Å². The molecule has 2 unspecified atom stereocenters. The highest BCUT2D eigenvalue weighted by Gasteiger charge is 2.35. The molecular formula is C46H46O8. The van der Waals surface area contributed by atoms with Crippen LogP contribution in [0, 0.1) is 23.7 Å². The fourth-order valence-electron chi connectivity index (χ4n) is 5.24. The number of aliphatic carboxylic acids is 2. The minimum absolute atomic E-state index is 0.288. The smallest absolute Gasteiger partial charge is 0.340 e. The number of carboxylic acids is 2. The van der Waals surface area contributed by atoms with Crippen LogP contribution in [0.1, 0.15) is 56.9 Å². The molecule has 0 radical (unpaired) electrons. The zero-order valence-electron chi connectivity index (χ0n) is 31.3. The van der Waals surface area contributed by atoms with Gasteiger partial charge in [-0.05, 0) is 129 Å². The maximum Gasteiger partial charge on any atom is 0.340 e. The molecule has 0 saturated carbocycles. The molecule has 0 heterocycles. The molecule has 8 heteroatoms. The van der Waals surface area contributed by atoms with Gasteiger partial charge in [-0.15, -0.1) is 0 Å². The maximum atomic E-state index is 11.7. The van der Waals surface area contributed by atoms with Crippen molar-refractivity contribution in [2.75, 3.05) is 26.4 Å². The number of rotatable bonds is 16. The van der Waals surface area contributed by atoms with E-state index in [-0.39, 0.29) is 6.61 Å². The van der Waals surface area contributed by atoms with Crippen molar-refractivity contribution in [3.8, 4) is 46.3 Å². The molecule has 0 aliphatic carbocycles. The lowest BCUT2D eigenvalue weighted by Crippen LogP contribution is -2.35. The van der Waals surface area contributed by atoms with Crippen molar-refractivity contribution in [2.24, 2.45) is 0 Å². The quantitative estimate of drug-likeness (QED) is 0.111. The molecule has 0 aliphatic rings. The van der Waals surface area contributed by atoms with Crippen LogP contribution in [0.25, 0.3) is 11.1 Å². The molecule has 4 aromatic carbocycles. The Labute approximate surface area is 318 Å². The molecule has 0 bridgehead atoms. The molecular weight excluding hydrogens is 680 g/mol. The van der Waals surface area contributed by atoms with Gasteiger partial charge in [-0.25, -0.2) is 9.59 Å². The van der Waals surface area contributed by atoms with Crippen LogP contribution in [0.5, 0.6) is 11.5 Å². The fraction of sp³-hybridized carbons (Fsp3) is 0.261. The Hall–Kier alpha value is -6.06. The standard InChI is InChI=1S/C46H46O8/c1-6-51-43(44(47)48)32-37-16-24-41(25-17-37)52-30-28-33(3)8-10-35-12-18-38(19-13-35)39-20-14-36(15-21-39)11-9-34(4)29-31-53-42-26-22-40(23-27-42)46(5,45(49)50)54-7-2/h12-29,43H,6-7,30-32H2,1-5H3,(H,47,48)(H,49,50). The van der Waals surface area contributed by atoms with Crippen molar-refractivity contribution >= 4 is 11.9 Å². The van der Waals surface area contributed by atoms with E-state index in [1.807, 2.05) is 98.8 Å². The molecule has 278 valence electrons. The molecule has 0 aliphatic heterocycles. The van der Waals surface area contributed by atoms with Gasteiger partial charge in [-0.1, -0.05) is 72.2 Å². The first kappa shape index (κ1) is 40.7. The lowest BCUT2D eigenvalue weighted by atomic mass is 9.96. The zero-order valence-corrected chi connectivity index (χ0v) is 31.3. The largest absolute Gasteiger partial charge is 0.490 e. The summed E-state index contributed by atoms with van der Waals surface area (Å²) in [7, 11) is 0. The van der Waals surface area contributed by atoms with Crippen LogP contribution in [0.15, 0.2) is 120 Å². The summed E-state index contributed by atoms with van der Waals surface area (Å²) in [5.74, 6) is 12.0. The monoisotopic (exact) mass is 726 g/mol. The molecule has 54 heavy (non-hydrogen) atoms. The van der Waals surface area contributed by atoms with Gasteiger partial charge in [0.15, 0.2) is 11.7 Å². The summed E-state index contributed by atoms with van der Waals surface area (Å²) in [4.78, 5) is 23.1. The Morgan fingerprint density at radius 2 is 1.15 bits per heavy atom. The number of benzene rings is 4. The average Bonchev–Trinajstić information content (AvgIpc) is 3.17. The van der Waals surface area contributed by atoms with Crippen molar-refractivity contribution in [3.05, 3.63) is 143 Å². The molecule has 4 rings (SSSR count). The third kappa shape index (κ3) is 12.3. The number of hydrogen-bond donors (Lipinski definition) is 2. The lowest BCUT2D eigenvalue weighted by molar-refractivity contribution is -0.164. The Kier molecular flexibility index (Phi) is 15.3. The van der Waals surface area contributed by atoms with Crippen molar-refractivity contribution < 1.29 is 38.7 Å². The predicted molar refractivity (Wildman–Crippen MR) is 210 cm³/mol. The highest BCUT2D eigenvalue weighted by Crippen LogP contribution is 2.28. The molecule has 4 aromatic rings. The first-order valence-electron chi connectivity index (χ1n) is 17.8. The lowest BCUT2D eigenvalue weighted by Gasteiger charge is -2.25. The second-order valence-electron chi connectivity index (χ2n) is 12.5. The molecule has 0 fully saturated rings. The molecule has 0 saturated heterocycles. The molecule has 8 nitrogen and oxygen atoms in total. The van der Waals surface area contributed by atoms with E-state index >= 15 is 0 Å². The van der Waals surface area contributed by atoms with E-state index in [4.69, 9.17) is 18.9 Å². The third-order valence-electron chi connectivity index (χ3n) is 8.42. The molecule has 2 N–H and O–H groups in total. The average molecular weight is 727 g/mol. The Morgan fingerprint density at radius 1 is 0.685 bits per heavy atom. The van der Waals surface area contributed by atoms with Crippen LogP contribution < -0.4 is 9.47 Å². The summed E-state index contributed by atoms with van der Waals surface area (Å²) >= 11 is 0. The Morgan fingerprint density at radius 3 is 1.56 bits per heavy atom. The van der Waals surface area contributed by atoms with Gasteiger partial charge in [-0.2, -0.15) is 0 Å². The van der Waals surface area contributed by atoms with Crippen molar-refractivity contribution in [1.29, 1.82) is 0 Å². The number of ether oxygens (including phenoxy) is 4. The molecule has 0 aromatic heterocycles. The van der Waals surface area contributed by atoms with E-state index in [1.54, 1.807) is 45.0 Å². The summed E-state index contributed by atoms with van der Waals surface area (Å²) in [6, 6.07) is 30.4. The zero-order chi connectivity index (χ0) is 38.9. The maximum absolute atomic E-state index is 11.7. The summed E-state index contributed by atoms with van der Waals surface area (Å²) in [5, 5.41) is 18.9. The van der Waals surface area contributed by atoms with Gasteiger partial charge in [-0.3, -0.25) is 0 Å². The van der Waals surface area contributed by atoms with Gasteiger partial charge in [0, 0.05) is 30.8 Å². The minimum Gasteiger partial charge on any atom is -0.490 e. The van der Waals surface area contributed by atoms with Crippen molar-refractivity contribution in [2.45, 2.75) is 52.7 Å². The molecule has 0 amide bonds. The normalized spacial score (nSPS) is 13.0. The van der Waals surface area contributed by atoms with Gasteiger partial charge in [0.2, 0.25) is 0 Å². The topological polar surface area (TPSA) is 112 Å². The van der Waals surface area contributed by atoms with Crippen LogP contribution >= 0.6 is 0 Å². The number of allylic oxidation sites excluding steroid dienone is 2. The second kappa shape index (κ2) is 20.3. The van der Waals surface area contributed by atoms with E-state index in [9.17, 15) is 19.8 Å². The number of carboxylic acid groups (broad SMARTS) is 2. The second-order valence-corrected chi connectivity index (χ2v) is 12.5. The summed E-state index contributed by atoms with van der Waals surface area (Å²) < 4.78 is 22.4. The summed E-state index contributed by atoms with van der Waals surface area (Å²) in [6.45, 7) is 10.3. The van der Waals surface area contributed by atoms with Crippen molar-refractivity contribution in [1.82, 2.24) is 0 Å². The summed E-state index contributed by atoms with van der Waals surface area (Å²) in [5.41, 5.74) is 5.73. The van der Waals surface area contributed by atoms with E-state index in [0.717, 1.165) is 39.0 Å². The molecule has 2 atom stereocenters. The molecule has 0 spiro atoms. The van der Waals surface area contributed by atoms with E-state index < -0.39 is 23.6 Å². The van der Waals surface area contributed by atoms with Gasteiger partial charge >= 0.3 is 11.9 Å². The van der Waals surface area contributed by atoms with Crippen LogP contribution in [0.3, 0.4) is 0 Å². The van der Waals surface area contributed by atoms with E-state index in [1.165, 1.54) is 0 Å². The van der Waals surface area contributed by atoms with E-state index in [0.29, 0.717) is 43.3 Å². The van der Waals surface area contributed by atoms with Gasteiger partial charge in [0.1, 0.15) is 24.7 Å². The number of hydrogen-bond acceptors (Lipinski definition) is 6. The van der Waals surface area contributed by atoms with Gasteiger partial charge < -0.3 is 29.2 Å². The van der Waals surface area contributed by atoms with E-state index in [2.05, 4.69) is 23.7 Å². The minimum atomic E-state index is -1.41. The number of carbonyl (C=O) groups is 2. The fourth-order valence-corrected chi connectivity index (χ4v) is 5.24. The summed E-state index contributed by atoms with van der Waals surface area (Å²) in [6.07, 6.45) is 3.26. The third-order valence-corrected chi connectivity index (χ3v) is 8.42. The predicted octanol–water partition coefficient (Wildman–Crippen LogP) is 8.48. The first-order chi connectivity index (χ1) is 26.0. The Bertz CT molecular complexity index is 2040. The SMILES string of the molecule is CCOC(Cc1ccc(OCC=C(C)C#Cc2ccc(-c3ccc(C#CC(C)=CCOc4ccc(C(C)(OCC)C(=O)O)cc4)cc3)cc2)cc1)C(=O)O. The van der Waals surface area contributed by atoms with Gasteiger partial charge in [0.05, 0.1) is 0 Å². The van der Waals surface area contributed by atoms with Gasteiger partial charge in [0.25, 0.3) is 0 Å². The highest BCUT2D eigenvalue weighted by atomic mass is 16.5. The van der Waals surface area contributed by atoms with Crippen LogP contribution in [-0.2, 0) is 31.1 Å². The van der Waals surface area contributed by atoms with Crippen LogP contribution in [0.2, 0.25) is 0 Å². The highest BCUT2D eigenvalue weighted by molar-refractivity contribution is 5.79. The Balaban J connectivity index is 1.24. The van der Waals surface area contributed by atoms with Crippen LogP contribution in [0.4, 0.5) is 0 Å².